The summed E-state index contributed by atoms with van der Waals surface area (Å²) in [6.07, 6.45) is 1.38. The molecule has 0 aliphatic carbocycles. The molecule has 3 rings (SSSR count). The summed E-state index contributed by atoms with van der Waals surface area (Å²) in [5.74, 6) is -0.556. The molecule has 0 atom stereocenters. The minimum atomic E-state index is -1.08. The van der Waals surface area contributed by atoms with Crippen LogP contribution >= 0.6 is 0 Å². The van der Waals surface area contributed by atoms with E-state index in [4.69, 9.17) is 14.6 Å². The van der Waals surface area contributed by atoms with Crippen molar-refractivity contribution in [1.82, 2.24) is 5.43 Å². The number of carbonyl (C=O) groups excluding carboxylic acids is 1. The first-order valence-electron chi connectivity index (χ1n) is 8.49. The molecule has 142 valence electrons. The van der Waals surface area contributed by atoms with Gasteiger partial charge in [0.2, 0.25) is 0 Å². The monoisotopic (exact) mass is 378 g/mol. The van der Waals surface area contributed by atoms with Crippen molar-refractivity contribution in [3.05, 3.63) is 72.3 Å². The number of hydrogen-bond donors (Lipinski definition) is 2. The molecule has 0 aromatic heterocycles. The standard InChI is InChI=1S/C21H18N2O5/c24-20(13-27-18-10-9-15-5-1-2-6-16(15)11-18)23-22-12-17-7-3-4-8-19(17)28-14-21(25)26/h1-12H,13-14H2,(H,23,24)(H,25,26)/b22-12-. The molecule has 0 fully saturated rings. The third-order valence-electron chi connectivity index (χ3n) is 3.75. The summed E-state index contributed by atoms with van der Waals surface area (Å²) in [6, 6.07) is 20.2. The normalized spacial score (nSPS) is 10.7. The van der Waals surface area contributed by atoms with E-state index in [1.165, 1.54) is 6.21 Å². The van der Waals surface area contributed by atoms with Gasteiger partial charge in [-0.2, -0.15) is 5.10 Å². The quantitative estimate of drug-likeness (QED) is 0.464. The Kier molecular flexibility index (Phi) is 6.20. The van der Waals surface area contributed by atoms with E-state index in [-0.39, 0.29) is 6.61 Å². The maximum absolute atomic E-state index is 11.9. The van der Waals surface area contributed by atoms with E-state index < -0.39 is 18.5 Å². The lowest BCUT2D eigenvalue weighted by Gasteiger charge is -2.07. The van der Waals surface area contributed by atoms with E-state index in [9.17, 15) is 9.59 Å². The Bertz CT molecular complexity index is 1020. The van der Waals surface area contributed by atoms with Crippen molar-refractivity contribution in [3.8, 4) is 11.5 Å². The maximum atomic E-state index is 11.9. The zero-order chi connectivity index (χ0) is 19.8. The summed E-state index contributed by atoms with van der Waals surface area (Å²) in [7, 11) is 0. The molecule has 0 saturated heterocycles. The highest BCUT2D eigenvalue weighted by Crippen LogP contribution is 2.20. The minimum absolute atomic E-state index is 0.188. The van der Waals surface area contributed by atoms with Crippen LogP contribution in [0.3, 0.4) is 0 Å². The minimum Gasteiger partial charge on any atom is -0.484 e. The third kappa shape index (κ3) is 5.31. The molecule has 0 aliphatic rings. The Morgan fingerprint density at radius 2 is 1.68 bits per heavy atom. The molecule has 3 aromatic carbocycles. The van der Waals surface area contributed by atoms with Crippen LogP contribution in [0.1, 0.15) is 5.56 Å². The largest absolute Gasteiger partial charge is 0.484 e. The summed E-state index contributed by atoms with van der Waals surface area (Å²) in [5.41, 5.74) is 2.91. The summed E-state index contributed by atoms with van der Waals surface area (Å²) in [4.78, 5) is 22.5. The van der Waals surface area contributed by atoms with Gasteiger partial charge in [0.1, 0.15) is 11.5 Å². The fourth-order valence-corrected chi connectivity index (χ4v) is 2.47. The van der Waals surface area contributed by atoms with Gasteiger partial charge < -0.3 is 14.6 Å². The highest BCUT2D eigenvalue weighted by molar-refractivity contribution is 5.86. The summed E-state index contributed by atoms with van der Waals surface area (Å²) in [6.45, 7) is -0.649. The average Bonchev–Trinajstić information content (AvgIpc) is 2.71. The number of carboxylic acid groups (broad SMARTS) is 1. The molecular formula is C21H18N2O5. The molecule has 3 aromatic rings. The van der Waals surface area contributed by atoms with Crippen molar-refractivity contribution in [2.24, 2.45) is 5.10 Å². The highest BCUT2D eigenvalue weighted by Gasteiger charge is 2.05. The first kappa shape index (κ1) is 18.9. The number of para-hydroxylation sites is 1. The van der Waals surface area contributed by atoms with Crippen LogP contribution in [0.2, 0.25) is 0 Å². The molecule has 28 heavy (non-hydrogen) atoms. The second kappa shape index (κ2) is 9.18. The van der Waals surface area contributed by atoms with Gasteiger partial charge in [0.15, 0.2) is 13.2 Å². The number of nitrogens with one attached hydrogen (secondary N) is 1. The lowest BCUT2D eigenvalue weighted by molar-refractivity contribution is -0.139. The van der Waals surface area contributed by atoms with Gasteiger partial charge >= 0.3 is 5.97 Å². The number of ether oxygens (including phenoxy) is 2. The summed E-state index contributed by atoms with van der Waals surface area (Å²) in [5, 5.41) is 14.7. The molecule has 0 heterocycles. The van der Waals surface area contributed by atoms with Gasteiger partial charge in [-0.3, -0.25) is 4.79 Å². The van der Waals surface area contributed by atoms with Crippen molar-refractivity contribution in [2.75, 3.05) is 13.2 Å². The second-order valence-electron chi connectivity index (χ2n) is 5.81. The molecule has 1 amide bonds. The molecule has 0 saturated carbocycles. The van der Waals surface area contributed by atoms with Crippen LogP contribution in [0, 0.1) is 0 Å². The molecule has 0 spiro atoms. The van der Waals surface area contributed by atoms with Crippen molar-refractivity contribution in [1.29, 1.82) is 0 Å². The molecular weight excluding hydrogens is 360 g/mol. The fraction of sp³-hybridized carbons (Fsp3) is 0.0952. The number of hydrazone groups is 1. The number of aliphatic carboxylic acids is 1. The first-order valence-corrected chi connectivity index (χ1v) is 8.49. The fourth-order valence-electron chi connectivity index (χ4n) is 2.47. The Morgan fingerprint density at radius 3 is 2.50 bits per heavy atom. The van der Waals surface area contributed by atoms with Gasteiger partial charge in [-0.1, -0.05) is 42.5 Å². The molecule has 7 nitrogen and oxygen atoms in total. The van der Waals surface area contributed by atoms with E-state index in [0.29, 0.717) is 17.1 Å². The Balaban J connectivity index is 1.53. The van der Waals surface area contributed by atoms with E-state index in [0.717, 1.165) is 10.8 Å². The first-order chi connectivity index (χ1) is 13.6. The topological polar surface area (TPSA) is 97.2 Å². The van der Waals surface area contributed by atoms with E-state index in [1.807, 2.05) is 36.4 Å². The number of amides is 1. The molecule has 0 bridgehead atoms. The van der Waals surface area contributed by atoms with E-state index in [2.05, 4.69) is 10.5 Å². The number of nitrogens with zero attached hydrogens (tertiary/aromatic N) is 1. The van der Waals surface area contributed by atoms with Crippen LogP contribution in [0.5, 0.6) is 11.5 Å². The predicted octanol–water partition coefficient (Wildman–Crippen LogP) is 2.83. The van der Waals surface area contributed by atoms with Gasteiger partial charge in [-0.15, -0.1) is 0 Å². The van der Waals surface area contributed by atoms with Crippen LogP contribution in [-0.4, -0.2) is 36.4 Å². The number of carbonyl (C=O) groups is 2. The Hall–Kier alpha value is -3.87. The third-order valence-corrected chi connectivity index (χ3v) is 3.75. The number of hydrogen-bond acceptors (Lipinski definition) is 5. The van der Waals surface area contributed by atoms with Gasteiger partial charge in [0, 0.05) is 5.56 Å². The predicted molar refractivity (Wildman–Crippen MR) is 105 cm³/mol. The van der Waals surface area contributed by atoms with Crippen LogP contribution < -0.4 is 14.9 Å². The van der Waals surface area contributed by atoms with Crippen molar-refractivity contribution in [2.45, 2.75) is 0 Å². The number of rotatable bonds is 8. The van der Waals surface area contributed by atoms with Gasteiger partial charge in [0.25, 0.3) is 5.91 Å². The Morgan fingerprint density at radius 1 is 0.929 bits per heavy atom. The highest BCUT2D eigenvalue weighted by atomic mass is 16.5. The Labute approximate surface area is 161 Å². The SMILES string of the molecule is O=C(O)COc1ccccc1/C=N\NC(=O)COc1ccc2ccccc2c1. The van der Waals surface area contributed by atoms with Crippen molar-refractivity contribution < 1.29 is 24.2 Å². The lowest BCUT2D eigenvalue weighted by atomic mass is 10.1. The lowest BCUT2D eigenvalue weighted by Crippen LogP contribution is -2.24. The maximum Gasteiger partial charge on any atom is 0.341 e. The van der Waals surface area contributed by atoms with Gasteiger partial charge in [0.05, 0.1) is 6.21 Å². The van der Waals surface area contributed by atoms with Crippen LogP contribution in [-0.2, 0) is 9.59 Å². The van der Waals surface area contributed by atoms with Crippen molar-refractivity contribution in [3.63, 3.8) is 0 Å². The smallest absolute Gasteiger partial charge is 0.341 e. The molecule has 2 N–H and O–H groups in total. The number of carboxylic acids is 1. The van der Waals surface area contributed by atoms with Gasteiger partial charge in [-0.05, 0) is 35.0 Å². The number of benzene rings is 3. The molecule has 0 aliphatic heterocycles. The molecule has 0 unspecified atom stereocenters. The number of fused-ring (bicyclic) bond motifs is 1. The van der Waals surface area contributed by atoms with Crippen molar-refractivity contribution >= 4 is 28.9 Å². The van der Waals surface area contributed by atoms with Gasteiger partial charge in [-0.25, -0.2) is 10.2 Å². The molecule has 7 heteroatoms. The van der Waals surface area contributed by atoms with Crippen LogP contribution in [0.25, 0.3) is 10.8 Å². The van der Waals surface area contributed by atoms with Crippen LogP contribution in [0.15, 0.2) is 71.8 Å². The summed E-state index contributed by atoms with van der Waals surface area (Å²) >= 11 is 0. The van der Waals surface area contributed by atoms with E-state index >= 15 is 0 Å². The zero-order valence-electron chi connectivity index (χ0n) is 14.9. The van der Waals surface area contributed by atoms with E-state index in [1.54, 1.807) is 30.3 Å². The molecule has 0 radical (unpaired) electrons. The second-order valence-corrected chi connectivity index (χ2v) is 5.81. The van der Waals surface area contributed by atoms with Crippen LogP contribution in [0.4, 0.5) is 0 Å². The zero-order valence-corrected chi connectivity index (χ0v) is 14.9. The average molecular weight is 378 g/mol. The summed E-state index contributed by atoms with van der Waals surface area (Å²) < 4.78 is 10.7.